The van der Waals surface area contributed by atoms with Gasteiger partial charge >= 0.3 is 0 Å². The summed E-state index contributed by atoms with van der Waals surface area (Å²) in [6, 6.07) is 13.3. The molecule has 148 valence electrons. The summed E-state index contributed by atoms with van der Waals surface area (Å²) in [7, 11) is 2.21. The SMILES string of the molecule is CN(Cc1ccc2nsnc2c1)C[C@@H]1CCCN(CCc2ccc(F)cc2)C1. The Morgan fingerprint density at radius 3 is 2.75 bits per heavy atom. The number of hydrogen-bond acceptors (Lipinski definition) is 5. The summed E-state index contributed by atoms with van der Waals surface area (Å²) in [5, 5.41) is 0. The van der Waals surface area contributed by atoms with E-state index in [1.54, 1.807) is 12.1 Å². The highest BCUT2D eigenvalue weighted by molar-refractivity contribution is 7.00. The number of halogens is 1. The molecule has 0 spiro atoms. The van der Waals surface area contributed by atoms with Crippen LogP contribution in [0.3, 0.4) is 0 Å². The van der Waals surface area contributed by atoms with Crippen LogP contribution in [0.25, 0.3) is 11.0 Å². The number of rotatable bonds is 7. The fourth-order valence-electron chi connectivity index (χ4n) is 4.18. The van der Waals surface area contributed by atoms with Crippen LogP contribution in [0, 0.1) is 11.7 Å². The number of piperidine rings is 1. The molecule has 0 aliphatic carbocycles. The first-order valence-corrected chi connectivity index (χ1v) is 10.8. The molecule has 4 nitrogen and oxygen atoms in total. The molecule has 28 heavy (non-hydrogen) atoms. The summed E-state index contributed by atoms with van der Waals surface area (Å²) in [4.78, 5) is 4.99. The van der Waals surface area contributed by atoms with Crippen LogP contribution in [0.5, 0.6) is 0 Å². The smallest absolute Gasteiger partial charge is 0.123 e. The summed E-state index contributed by atoms with van der Waals surface area (Å²) >= 11 is 1.28. The third-order valence-electron chi connectivity index (χ3n) is 5.57. The molecule has 2 aromatic carbocycles. The van der Waals surface area contributed by atoms with Crippen molar-refractivity contribution in [2.45, 2.75) is 25.8 Å². The minimum absolute atomic E-state index is 0.157. The van der Waals surface area contributed by atoms with Crippen LogP contribution in [0.2, 0.25) is 0 Å². The maximum Gasteiger partial charge on any atom is 0.123 e. The Morgan fingerprint density at radius 2 is 1.89 bits per heavy atom. The summed E-state index contributed by atoms with van der Waals surface area (Å²) in [6.45, 7) is 5.44. The maximum atomic E-state index is 13.0. The lowest BCUT2D eigenvalue weighted by atomic mass is 9.97. The predicted molar refractivity (Wildman–Crippen MR) is 113 cm³/mol. The second-order valence-corrected chi connectivity index (χ2v) is 8.50. The Morgan fingerprint density at radius 1 is 1.11 bits per heavy atom. The van der Waals surface area contributed by atoms with Gasteiger partial charge in [0.05, 0.1) is 11.7 Å². The molecule has 3 aromatic rings. The van der Waals surface area contributed by atoms with Gasteiger partial charge in [-0.1, -0.05) is 18.2 Å². The van der Waals surface area contributed by atoms with E-state index in [-0.39, 0.29) is 5.82 Å². The number of aromatic nitrogens is 2. The Balaban J connectivity index is 1.26. The highest BCUT2D eigenvalue weighted by Gasteiger charge is 2.21. The van der Waals surface area contributed by atoms with E-state index in [0.717, 1.165) is 43.6 Å². The predicted octanol–water partition coefficient (Wildman–Crippen LogP) is 4.22. The zero-order chi connectivity index (χ0) is 19.3. The van der Waals surface area contributed by atoms with Gasteiger partial charge in [0.15, 0.2) is 0 Å². The second kappa shape index (κ2) is 9.07. The molecule has 0 unspecified atom stereocenters. The summed E-state index contributed by atoms with van der Waals surface area (Å²) in [6.07, 6.45) is 3.55. The molecule has 4 rings (SSSR count). The van der Waals surface area contributed by atoms with Gasteiger partial charge in [0.1, 0.15) is 16.9 Å². The molecule has 1 aliphatic heterocycles. The Kier molecular flexibility index (Phi) is 6.29. The van der Waals surface area contributed by atoms with Crippen molar-refractivity contribution in [3.8, 4) is 0 Å². The Bertz CT molecular complexity index is 895. The minimum Gasteiger partial charge on any atom is -0.303 e. The topological polar surface area (TPSA) is 32.3 Å². The van der Waals surface area contributed by atoms with E-state index in [4.69, 9.17) is 0 Å². The molecular formula is C22H27FN4S. The van der Waals surface area contributed by atoms with Crippen molar-refractivity contribution in [3.05, 3.63) is 59.4 Å². The maximum absolute atomic E-state index is 13.0. The van der Waals surface area contributed by atoms with Crippen LogP contribution < -0.4 is 0 Å². The summed E-state index contributed by atoms with van der Waals surface area (Å²) in [5.74, 6) is 0.548. The van der Waals surface area contributed by atoms with Crippen molar-refractivity contribution >= 4 is 22.8 Å². The lowest BCUT2D eigenvalue weighted by Crippen LogP contribution is -2.40. The van der Waals surface area contributed by atoms with Crippen molar-refractivity contribution in [2.24, 2.45) is 5.92 Å². The standard InChI is InChI=1S/C22H27FN4S/c1-26(14-18-6-9-21-22(13-18)25-28-24-21)15-19-3-2-11-27(16-19)12-10-17-4-7-20(23)8-5-17/h4-9,13,19H,2-3,10-12,14-16H2,1H3/t19-/m0/s1. The van der Waals surface area contributed by atoms with Crippen molar-refractivity contribution in [3.63, 3.8) is 0 Å². The first-order valence-electron chi connectivity index (χ1n) is 10.0. The van der Waals surface area contributed by atoms with Crippen molar-refractivity contribution in [2.75, 3.05) is 33.2 Å². The van der Waals surface area contributed by atoms with Gasteiger partial charge in [-0.2, -0.15) is 8.75 Å². The Hall–Kier alpha value is -1.89. The van der Waals surface area contributed by atoms with E-state index in [0.29, 0.717) is 5.92 Å². The highest BCUT2D eigenvalue weighted by Crippen LogP contribution is 2.20. The Labute approximate surface area is 170 Å². The second-order valence-electron chi connectivity index (χ2n) is 7.97. The van der Waals surface area contributed by atoms with Crippen LogP contribution >= 0.6 is 11.7 Å². The van der Waals surface area contributed by atoms with Crippen LogP contribution in [0.15, 0.2) is 42.5 Å². The van der Waals surface area contributed by atoms with E-state index in [2.05, 4.69) is 43.8 Å². The van der Waals surface area contributed by atoms with Crippen molar-refractivity contribution in [1.82, 2.24) is 18.5 Å². The van der Waals surface area contributed by atoms with Crippen molar-refractivity contribution < 1.29 is 4.39 Å². The number of nitrogens with zero attached hydrogens (tertiary/aromatic N) is 4. The van der Waals surface area contributed by atoms with E-state index >= 15 is 0 Å². The van der Waals surface area contributed by atoms with E-state index in [1.165, 1.54) is 42.2 Å². The third-order valence-corrected chi connectivity index (χ3v) is 6.13. The van der Waals surface area contributed by atoms with Gasteiger partial charge < -0.3 is 9.80 Å². The molecule has 1 saturated heterocycles. The average Bonchev–Trinajstić information content (AvgIpc) is 3.15. The highest BCUT2D eigenvalue weighted by atomic mass is 32.1. The number of benzene rings is 2. The third kappa shape index (κ3) is 5.13. The van der Waals surface area contributed by atoms with E-state index in [1.807, 2.05) is 12.1 Å². The van der Waals surface area contributed by atoms with Crippen LogP contribution in [-0.2, 0) is 13.0 Å². The van der Waals surface area contributed by atoms with Gasteiger partial charge in [-0.15, -0.1) is 0 Å². The summed E-state index contributed by atoms with van der Waals surface area (Å²) < 4.78 is 21.7. The normalized spacial score (nSPS) is 18.2. The minimum atomic E-state index is -0.157. The zero-order valence-corrected chi connectivity index (χ0v) is 17.2. The quantitative estimate of drug-likeness (QED) is 0.597. The molecule has 1 aliphatic rings. The van der Waals surface area contributed by atoms with Crippen LogP contribution in [-0.4, -0.2) is 51.8 Å². The van der Waals surface area contributed by atoms with Gasteiger partial charge in [-0.25, -0.2) is 4.39 Å². The first-order chi connectivity index (χ1) is 13.7. The van der Waals surface area contributed by atoms with E-state index in [9.17, 15) is 4.39 Å². The lowest BCUT2D eigenvalue weighted by Gasteiger charge is -2.34. The van der Waals surface area contributed by atoms with Gasteiger partial charge in [0.2, 0.25) is 0 Å². The van der Waals surface area contributed by atoms with E-state index < -0.39 is 0 Å². The summed E-state index contributed by atoms with van der Waals surface area (Å²) in [5.41, 5.74) is 4.50. The van der Waals surface area contributed by atoms with Gasteiger partial charge in [0.25, 0.3) is 0 Å². The van der Waals surface area contributed by atoms with Crippen LogP contribution in [0.4, 0.5) is 4.39 Å². The molecule has 0 bridgehead atoms. The molecule has 2 heterocycles. The molecule has 0 radical (unpaired) electrons. The zero-order valence-electron chi connectivity index (χ0n) is 16.4. The molecule has 0 amide bonds. The van der Waals surface area contributed by atoms with Gasteiger partial charge in [0, 0.05) is 26.2 Å². The molecule has 1 atom stereocenters. The average molecular weight is 399 g/mol. The molecule has 1 fully saturated rings. The first kappa shape index (κ1) is 19.4. The fourth-order valence-corrected chi connectivity index (χ4v) is 4.70. The lowest BCUT2D eigenvalue weighted by molar-refractivity contribution is 0.142. The largest absolute Gasteiger partial charge is 0.303 e. The van der Waals surface area contributed by atoms with Crippen LogP contribution in [0.1, 0.15) is 24.0 Å². The molecular weight excluding hydrogens is 371 g/mol. The molecule has 1 aromatic heterocycles. The number of fused-ring (bicyclic) bond motifs is 1. The molecule has 0 N–H and O–H groups in total. The van der Waals surface area contributed by atoms with Gasteiger partial charge in [-0.05, 0) is 74.2 Å². The monoisotopic (exact) mass is 398 g/mol. The van der Waals surface area contributed by atoms with Gasteiger partial charge in [-0.3, -0.25) is 0 Å². The number of likely N-dealkylation sites (tertiary alicyclic amines) is 1. The number of hydrogen-bond donors (Lipinski definition) is 0. The molecule has 6 heteroatoms. The molecule has 0 saturated carbocycles. The van der Waals surface area contributed by atoms with Crippen molar-refractivity contribution in [1.29, 1.82) is 0 Å². The fraction of sp³-hybridized carbons (Fsp3) is 0.455.